The van der Waals surface area contributed by atoms with Crippen molar-refractivity contribution in [2.24, 2.45) is 4.40 Å². The Morgan fingerprint density at radius 2 is 1.72 bits per heavy atom. The van der Waals surface area contributed by atoms with E-state index < -0.39 is 10.0 Å². The van der Waals surface area contributed by atoms with E-state index in [0.29, 0.717) is 22.8 Å². The van der Waals surface area contributed by atoms with Crippen LogP contribution in [0.1, 0.15) is 24.0 Å². The van der Waals surface area contributed by atoms with Crippen molar-refractivity contribution in [3.8, 4) is 0 Å². The minimum Gasteiger partial charge on any atom is -0.371 e. The van der Waals surface area contributed by atoms with Crippen LogP contribution in [0.5, 0.6) is 0 Å². The summed E-state index contributed by atoms with van der Waals surface area (Å²) in [5.74, 6) is 0.520. The summed E-state index contributed by atoms with van der Waals surface area (Å²) in [6.45, 7) is 2.78. The van der Waals surface area contributed by atoms with E-state index in [1.165, 1.54) is 24.1 Å². The fraction of sp³-hybridized carbons (Fsp3) is 0.316. The summed E-state index contributed by atoms with van der Waals surface area (Å²) < 4.78 is 28.6. The molecule has 25 heavy (non-hydrogen) atoms. The molecule has 2 aliphatic rings. The van der Waals surface area contributed by atoms with Crippen molar-refractivity contribution in [2.75, 3.05) is 25.0 Å². The Labute approximate surface area is 148 Å². The Kier molecular flexibility index (Phi) is 4.00. The number of nitrogens with zero attached hydrogens (tertiary/aromatic N) is 3. The smallest absolute Gasteiger partial charge is 0.285 e. The quantitative estimate of drug-likeness (QED) is 0.850. The third-order valence-corrected chi connectivity index (χ3v) is 6.15. The first-order valence-electron chi connectivity index (χ1n) is 8.55. The highest BCUT2D eigenvalue weighted by molar-refractivity contribution is 7.90. The maximum absolute atomic E-state index is 12.3. The number of anilines is 1. The minimum absolute atomic E-state index is 0.296. The average molecular weight is 355 g/mol. The number of hydrogen-bond donors (Lipinski definition) is 0. The summed E-state index contributed by atoms with van der Waals surface area (Å²) in [5, 5.41) is 0. The molecule has 0 radical (unpaired) electrons. The minimum atomic E-state index is -3.58. The van der Waals surface area contributed by atoms with E-state index in [-0.39, 0.29) is 0 Å². The molecule has 2 aromatic carbocycles. The molecule has 2 aromatic rings. The molecular formula is C19H21N3O2S. The number of amidine groups is 1. The molecule has 1 saturated heterocycles. The maximum atomic E-state index is 12.3. The van der Waals surface area contributed by atoms with Crippen molar-refractivity contribution in [3.63, 3.8) is 0 Å². The molecule has 2 aliphatic heterocycles. The normalized spacial score (nSPS) is 18.1. The molecule has 0 amide bonds. The van der Waals surface area contributed by atoms with E-state index in [1.807, 2.05) is 30.1 Å². The molecule has 0 bridgehead atoms. The monoisotopic (exact) mass is 355 g/mol. The first kappa shape index (κ1) is 16.1. The van der Waals surface area contributed by atoms with Crippen LogP contribution in [0.2, 0.25) is 0 Å². The van der Waals surface area contributed by atoms with Crippen LogP contribution in [0.3, 0.4) is 0 Å². The highest BCUT2D eigenvalue weighted by atomic mass is 32.2. The van der Waals surface area contributed by atoms with Crippen LogP contribution in [0.15, 0.2) is 57.8 Å². The van der Waals surface area contributed by atoms with Crippen molar-refractivity contribution >= 4 is 21.5 Å². The van der Waals surface area contributed by atoms with E-state index in [0.717, 1.165) is 13.1 Å². The molecule has 0 spiro atoms. The second-order valence-electron chi connectivity index (χ2n) is 6.57. The predicted molar refractivity (Wildman–Crippen MR) is 99.5 cm³/mol. The first-order valence-corrected chi connectivity index (χ1v) is 9.99. The van der Waals surface area contributed by atoms with Gasteiger partial charge in [-0.1, -0.05) is 30.3 Å². The third kappa shape index (κ3) is 2.91. The van der Waals surface area contributed by atoms with Gasteiger partial charge in [-0.05, 0) is 36.6 Å². The lowest BCUT2D eigenvalue weighted by Gasteiger charge is -2.25. The summed E-state index contributed by atoms with van der Waals surface area (Å²) in [5.41, 5.74) is 3.11. The van der Waals surface area contributed by atoms with Crippen LogP contribution in [0.4, 0.5) is 5.69 Å². The standard InChI is InChI=1S/C19H21N3O2S/c1-21(19-16-9-3-5-11-18(16)25(23,24)20-19)14-15-8-2-4-10-17(15)22-12-6-7-13-22/h2-5,8-11H,6-7,12-14H2,1H3. The molecule has 0 unspecified atom stereocenters. The predicted octanol–water partition coefficient (Wildman–Crippen LogP) is 2.87. The average Bonchev–Trinajstić information content (AvgIpc) is 3.23. The Morgan fingerprint density at radius 3 is 2.52 bits per heavy atom. The maximum Gasteiger partial charge on any atom is 0.285 e. The van der Waals surface area contributed by atoms with Gasteiger partial charge in [0.05, 0.1) is 0 Å². The van der Waals surface area contributed by atoms with Crippen LogP contribution in [-0.4, -0.2) is 39.3 Å². The number of benzene rings is 2. The van der Waals surface area contributed by atoms with Crippen molar-refractivity contribution in [2.45, 2.75) is 24.3 Å². The molecule has 0 aromatic heterocycles. The number of fused-ring (bicyclic) bond motifs is 1. The molecule has 0 saturated carbocycles. The van der Waals surface area contributed by atoms with E-state index in [2.05, 4.69) is 27.5 Å². The van der Waals surface area contributed by atoms with Crippen LogP contribution in [0.25, 0.3) is 0 Å². The SMILES string of the molecule is CN(Cc1ccccc1N1CCCC1)C1=NS(=O)(=O)c2ccccc21. The summed E-state index contributed by atoms with van der Waals surface area (Å²) in [7, 11) is -1.68. The zero-order valence-electron chi connectivity index (χ0n) is 14.2. The topological polar surface area (TPSA) is 53.0 Å². The number of sulfonamides is 1. The highest BCUT2D eigenvalue weighted by Crippen LogP contribution is 2.29. The van der Waals surface area contributed by atoms with Crippen LogP contribution in [-0.2, 0) is 16.6 Å². The summed E-state index contributed by atoms with van der Waals surface area (Å²) in [6, 6.07) is 15.4. The van der Waals surface area contributed by atoms with E-state index in [1.54, 1.807) is 12.1 Å². The molecule has 0 N–H and O–H groups in total. The van der Waals surface area contributed by atoms with Crippen LogP contribution < -0.4 is 4.90 Å². The molecule has 0 atom stereocenters. The van der Waals surface area contributed by atoms with Crippen molar-refractivity contribution < 1.29 is 8.42 Å². The third-order valence-electron chi connectivity index (χ3n) is 4.82. The Bertz CT molecular complexity index is 931. The summed E-state index contributed by atoms with van der Waals surface area (Å²) in [4.78, 5) is 4.63. The second kappa shape index (κ2) is 6.19. The fourth-order valence-corrected chi connectivity index (χ4v) is 4.86. The lowest BCUT2D eigenvalue weighted by Crippen LogP contribution is -2.28. The van der Waals surface area contributed by atoms with Gasteiger partial charge in [0.1, 0.15) is 4.90 Å². The van der Waals surface area contributed by atoms with Gasteiger partial charge >= 0.3 is 0 Å². The van der Waals surface area contributed by atoms with E-state index >= 15 is 0 Å². The van der Waals surface area contributed by atoms with Gasteiger partial charge in [-0.25, -0.2) is 0 Å². The molecule has 5 nitrogen and oxygen atoms in total. The van der Waals surface area contributed by atoms with Crippen molar-refractivity contribution in [3.05, 3.63) is 59.7 Å². The molecule has 6 heteroatoms. The zero-order chi connectivity index (χ0) is 17.4. The van der Waals surface area contributed by atoms with Crippen LogP contribution >= 0.6 is 0 Å². The Morgan fingerprint density at radius 1 is 1.04 bits per heavy atom. The number of rotatable bonds is 3. The molecule has 0 aliphatic carbocycles. The Balaban J connectivity index is 1.65. The van der Waals surface area contributed by atoms with Gasteiger partial charge in [0.15, 0.2) is 5.84 Å². The van der Waals surface area contributed by atoms with E-state index in [9.17, 15) is 8.42 Å². The molecule has 2 heterocycles. The van der Waals surface area contributed by atoms with Gasteiger partial charge in [0.25, 0.3) is 10.0 Å². The molecule has 1 fully saturated rings. The lowest BCUT2D eigenvalue weighted by atomic mass is 10.1. The number of para-hydroxylation sites is 1. The van der Waals surface area contributed by atoms with Crippen molar-refractivity contribution in [1.29, 1.82) is 0 Å². The van der Waals surface area contributed by atoms with Gasteiger partial charge in [-0.15, -0.1) is 4.40 Å². The Hall–Kier alpha value is -2.34. The van der Waals surface area contributed by atoms with Gasteiger partial charge in [-0.2, -0.15) is 8.42 Å². The summed E-state index contributed by atoms with van der Waals surface area (Å²) >= 11 is 0. The van der Waals surface area contributed by atoms with Gasteiger partial charge in [0.2, 0.25) is 0 Å². The molecule has 130 valence electrons. The number of hydrogen-bond acceptors (Lipinski definition) is 4. The van der Waals surface area contributed by atoms with Gasteiger partial charge in [0, 0.05) is 37.9 Å². The molecule has 4 rings (SSSR count). The van der Waals surface area contributed by atoms with Crippen molar-refractivity contribution in [1.82, 2.24) is 4.90 Å². The van der Waals surface area contributed by atoms with Gasteiger partial charge in [-0.3, -0.25) is 0 Å². The first-order chi connectivity index (χ1) is 12.1. The second-order valence-corrected chi connectivity index (χ2v) is 8.14. The largest absolute Gasteiger partial charge is 0.371 e. The van der Waals surface area contributed by atoms with Crippen LogP contribution in [0, 0.1) is 0 Å². The van der Waals surface area contributed by atoms with E-state index in [4.69, 9.17) is 0 Å². The molecular weight excluding hydrogens is 334 g/mol. The zero-order valence-corrected chi connectivity index (χ0v) is 15.0. The lowest BCUT2D eigenvalue weighted by molar-refractivity contribution is 0.502. The van der Waals surface area contributed by atoms with Gasteiger partial charge < -0.3 is 9.80 Å². The highest BCUT2D eigenvalue weighted by Gasteiger charge is 2.30. The summed E-state index contributed by atoms with van der Waals surface area (Å²) in [6.07, 6.45) is 2.45. The fourth-order valence-electron chi connectivity index (χ4n) is 3.61.